The van der Waals surface area contributed by atoms with Crippen molar-refractivity contribution in [2.75, 3.05) is 11.1 Å². The van der Waals surface area contributed by atoms with Crippen LogP contribution >= 0.6 is 15.9 Å². The Balaban J connectivity index is 2.44. The maximum Gasteiger partial charge on any atom is 0.252 e. The van der Waals surface area contributed by atoms with Gasteiger partial charge in [-0.15, -0.1) is 0 Å². The van der Waals surface area contributed by atoms with Crippen molar-refractivity contribution in [3.63, 3.8) is 0 Å². The molecule has 1 heterocycles. The third kappa shape index (κ3) is 2.85. The topological polar surface area (TPSA) is 94.0 Å². The molecule has 98 valence electrons. The first-order valence-corrected chi connectivity index (χ1v) is 6.36. The summed E-state index contributed by atoms with van der Waals surface area (Å²) in [7, 11) is 0. The zero-order valence-electron chi connectivity index (χ0n) is 10.3. The van der Waals surface area contributed by atoms with Crippen molar-refractivity contribution in [3.05, 3.63) is 46.1 Å². The summed E-state index contributed by atoms with van der Waals surface area (Å²) in [6.07, 6.45) is 1.47. The monoisotopic (exact) mass is 320 g/mol. The Labute approximate surface area is 119 Å². The van der Waals surface area contributed by atoms with Gasteiger partial charge in [-0.05, 0) is 40.5 Å². The summed E-state index contributed by atoms with van der Waals surface area (Å²) in [5, 5.41) is 3.08. The maximum absolute atomic E-state index is 11.4. The number of primary amides is 1. The number of benzene rings is 1. The highest BCUT2D eigenvalue weighted by Crippen LogP contribution is 2.29. The normalized spacial score (nSPS) is 10.2. The number of aromatic nitrogens is 1. The lowest BCUT2D eigenvalue weighted by atomic mass is 10.2. The Bertz CT molecular complexity index is 643. The summed E-state index contributed by atoms with van der Waals surface area (Å²) < 4.78 is 0.907. The Morgan fingerprint density at radius 3 is 2.84 bits per heavy atom. The van der Waals surface area contributed by atoms with Crippen molar-refractivity contribution in [2.24, 2.45) is 5.73 Å². The summed E-state index contributed by atoms with van der Waals surface area (Å²) in [5.74, 6) is -0.195. The second-order valence-electron chi connectivity index (χ2n) is 4.09. The molecule has 0 aliphatic rings. The average Bonchev–Trinajstić information content (AvgIpc) is 2.36. The smallest absolute Gasteiger partial charge is 0.252 e. The number of anilines is 3. The van der Waals surface area contributed by atoms with E-state index in [2.05, 4.69) is 26.2 Å². The van der Waals surface area contributed by atoms with Crippen molar-refractivity contribution >= 4 is 39.0 Å². The molecule has 5 N–H and O–H groups in total. The molecule has 5 nitrogen and oxygen atoms in total. The molecule has 0 aliphatic carbocycles. The van der Waals surface area contributed by atoms with Gasteiger partial charge in [0.25, 0.3) is 5.91 Å². The molecule has 0 fully saturated rings. The van der Waals surface area contributed by atoms with Crippen molar-refractivity contribution in [1.82, 2.24) is 4.98 Å². The molecule has 0 unspecified atom stereocenters. The number of carbonyl (C=O) groups is 1. The van der Waals surface area contributed by atoms with Gasteiger partial charge in [-0.1, -0.05) is 12.1 Å². The molecule has 0 bridgehead atoms. The van der Waals surface area contributed by atoms with E-state index in [0.717, 1.165) is 15.7 Å². The van der Waals surface area contributed by atoms with Gasteiger partial charge in [0.05, 0.1) is 23.1 Å². The van der Waals surface area contributed by atoms with Gasteiger partial charge in [-0.3, -0.25) is 4.79 Å². The van der Waals surface area contributed by atoms with E-state index >= 15 is 0 Å². The molecule has 6 heteroatoms. The van der Waals surface area contributed by atoms with Gasteiger partial charge < -0.3 is 16.8 Å². The number of hydrogen-bond donors (Lipinski definition) is 3. The molecule has 1 aromatic carbocycles. The summed E-state index contributed by atoms with van der Waals surface area (Å²) >= 11 is 3.48. The van der Waals surface area contributed by atoms with Crippen molar-refractivity contribution in [2.45, 2.75) is 6.92 Å². The molecular weight excluding hydrogens is 308 g/mol. The highest BCUT2D eigenvalue weighted by Gasteiger charge is 2.12. The zero-order valence-corrected chi connectivity index (χ0v) is 11.9. The molecule has 1 amide bonds. The minimum absolute atomic E-state index is 0.258. The largest absolute Gasteiger partial charge is 0.397 e. The van der Waals surface area contributed by atoms with Gasteiger partial charge >= 0.3 is 0 Å². The Morgan fingerprint density at radius 1 is 1.42 bits per heavy atom. The van der Waals surface area contributed by atoms with Crippen LogP contribution in [0.3, 0.4) is 0 Å². The average molecular weight is 321 g/mol. The Morgan fingerprint density at radius 2 is 2.16 bits per heavy atom. The van der Waals surface area contributed by atoms with Gasteiger partial charge in [0.2, 0.25) is 0 Å². The Hall–Kier alpha value is -2.08. The molecule has 0 atom stereocenters. The molecule has 0 spiro atoms. The van der Waals surface area contributed by atoms with Crippen molar-refractivity contribution in [1.29, 1.82) is 0 Å². The molecule has 2 rings (SSSR count). The van der Waals surface area contributed by atoms with Gasteiger partial charge in [0.15, 0.2) is 0 Å². The quantitative estimate of drug-likeness (QED) is 0.810. The summed E-state index contributed by atoms with van der Waals surface area (Å²) in [6, 6.07) is 7.26. The minimum atomic E-state index is -0.578. The van der Waals surface area contributed by atoms with Crippen LogP contribution in [0, 0.1) is 6.92 Å². The second kappa shape index (κ2) is 5.27. The van der Waals surface area contributed by atoms with Crippen LogP contribution in [0.2, 0.25) is 0 Å². The number of amides is 1. The first-order chi connectivity index (χ1) is 8.99. The first kappa shape index (κ1) is 13.4. The lowest BCUT2D eigenvalue weighted by Gasteiger charge is -2.12. The predicted molar refractivity (Wildman–Crippen MR) is 79.3 cm³/mol. The number of halogens is 1. The van der Waals surface area contributed by atoms with E-state index in [1.807, 2.05) is 25.1 Å². The van der Waals surface area contributed by atoms with Gasteiger partial charge in [0.1, 0.15) is 5.82 Å². The van der Waals surface area contributed by atoms with Crippen LogP contribution in [0.5, 0.6) is 0 Å². The molecule has 1 aromatic heterocycles. The third-order valence-electron chi connectivity index (χ3n) is 2.62. The summed E-state index contributed by atoms with van der Waals surface area (Å²) in [4.78, 5) is 15.5. The second-order valence-corrected chi connectivity index (χ2v) is 4.88. The fourth-order valence-electron chi connectivity index (χ4n) is 1.64. The lowest BCUT2D eigenvalue weighted by molar-refractivity contribution is 0.100. The number of nitrogens with one attached hydrogen (secondary N) is 1. The maximum atomic E-state index is 11.4. The number of pyridine rings is 1. The number of hydrogen-bond acceptors (Lipinski definition) is 4. The van der Waals surface area contributed by atoms with Crippen LogP contribution in [-0.2, 0) is 0 Å². The van der Waals surface area contributed by atoms with Crippen LogP contribution in [0.1, 0.15) is 15.9 Å². The lowest BCUT2D eigenvalue weighted by Crippen LogP contribution is -2.15. The molecule has 0 radical (unpaired) electrons. The van der Waals surface area contributed by atoms with Crippen LogP contribution in [0.15, 0.2) is 34.9 Å². The molecule has 0 aliphatic heterocycles. The van der Waals surface area contributed by atoms with Crippen LogP contribution < -0.4 is 16.8 Å². The predicted octanol–water partition coefficient (Wildman–Crippen LogP) is 2.58. The third-order valence-corrected chi connectivity index (χ3v) is 3.67. The van der Waals surface area contributed by atoms with Crippen LogP contribution in [0.25, 0.3) is 0 Å². The number of aryl methyl sites for hydroxylation is 1. The highest BCUT2D eigenvalue weighted by molar-refractivity contribution is 9.10. The van der Waals surface area contributed by atoms with E-state index in [0.29, 0.717) is 11.5 Å². The molecule has 0 saturated carbocycles. The van der Waals surface area contributed by atoms with Crippen molar-refractivity contribution in [3.8, 4) is 0 Å². The fraction of sp³-hybridized carbons (Fsp3) is 0.0769. The van der Waals surface area contributed by atoms with Crippen LogP contribution in [0.4, 0.5) is 17.2 Å². The standard InChI is InChI=1S/C13H13BrN4O/c1-7-3-2-4-10(11(7)14)18-13-9(12(16)19)5-8(15)6-17-13/h2-6H,15H2,1H3,(H2,16,19)(H,17,18). The van der Waals surface area contributed by atoms with Gasteiger partial charge in [0, 0.05) is 4.47 Å². The number of nitrogens with two attached hydrogens (primary N) is 2. The van der Waals surface area contributed by atoms with E-state index in [4.69, 9.17) is 11.5 Å². The van der Waals surface area contributed by atoms with Gasteiger partial charge in [-0.25, -0.2) is 4.98 Å². The molecular formula is C13H13BrN4O. The number of rotatable bonds is 3. The SMILES string of the molecule is Cc1cccc(Nc2ncc(N)cc2C(N)=O)c1Br. The number of nitrogen functional groups attached to an aromatic ring is 1. The van der Waals surface area contributed by atoms with Gasteiger partial charge in [-0.2, -0.15) is 0 Å². The van der Waals surface area contributed by atoms with E-state index in [1.165, 1.54) is 12.3 Å². The summed E-state index contributed by atoms with van der Waals surface area (Å²) in [5.41, 5.74) is 13.4. The minimum Gasteiger partial charge on any atom is -0.397 e. The first-order valence-electron chi connectivity index (χ1n) is 5.56. The van der Waals surface area contributed by atoms with Crippen LogP contribution in [-0.4, -0.2) is 10.9 Å². The van der Waals surface area contributed by atoms with E-state index in [-0.39, 0.29) is 5.56 Å². The number of nitrogens with zero attached hydrogens (tertiary/aromatic N) is 1. The summed E-state index contributed by atoms with van der Waals surface area (Å²) in [6.45, 7) is 1.97. The van der Waals surface area contributed by atoms with Crippen molar-refractivity contribution < 1.29 is 4.79 Å². The molecule has 19 heavy (non-hydrogen) atoms. The number of carbonyl (C=O) groups excluding carboxylic acids is 1. The highest BCUT2D eigenvalue weighted by atomic mass is 79.9. The fourth-order valence-corrected chi connectivity index (χ4v) is 2.00. The van der Waals surface area contributed by atoms with E-state index < -0.39 is 5.91 Å². The molecule has 0 saturated heterocycles. The molecule has 2 aromatic rings. The van der Waals surface area contributed by atoms with E-state index in [1.54, 1.807) is 0 Å². The Kier molecular flexibility index (Phi) is 3.71. The zero-order chi connectivity index (χ0) is 14.0. The van der Waals surface area contributed by atoms with E-state index in [9.17, 15) is 4.79 Å².